The van der Waals surface area contributed by atoms with Crippen molar-refractivity contribution in [2.45, 2.75) is 6.54 Å². The van der Waals surface area contributed by atoms with E-state index in [4.69, 9.17) is 0 Å². The zero-order chi connectivity index (χ0) is 17.0. The zero-order valence-electron chi connectivity index (χ0n) is 13.0. The molecule has 25 heavy (non-hydrogen) atoms. The fourth-order valence-electron chi connectivity index (χ4n) is 3.32. The molecular formula is C19H12BrFN4. The number of hydrogen-bond acceptors (Lipinski definition) is 2. The van der Waals surface area contributed by atoms with E-state index >= 15 is 0 Å². The molecule has 0 amide bonds. The summed E-state index contributed by atoms with van der Waals surface area (Å²) in [7, 11) is 0. The number of aromatic nitrogens is 4. The number of hydrogen-bond donors (Lipinski definition) is 0. The number of rotatable bonds is 1. The Hall–Kier alpha value is -2.73. The van der Waals surface area contributed by atoms with Crippen molar-refractivity contribution in [3.63, 3.8) is 0 Å². The molecule has 1 aliphatic rings. The summed E-state index contributed by atoms with van der Waals surface area (Å²) >= 11 is 3.55. The molecule has 0 fully saturated rings. The highest BCUT2D eigenvalue weighted by Gasteiger charge is 2.21. The normalized spacial score (nSPS) is 12.2. The molecule has 0 aliphatic carbocycles. The van der Waals surface area contributed by atoms with E-state index in [1.54, 1.807) is 18.3 Å². The van der Waals surface area contributed by atoms with E-state index in [0.29, 0.717) is 0 Å². The lowest BCUT2D eigenvalue weighted by Gasteiger charge is -2.08. The van der Waals surface area contributed by atoms with Crippen LogP contribution in [0.4, 0.5) is 4.39 Å². The maximum Gasteiger partial charge on any atom is 0.123 e. The van der Waals surface area contributed by atoms with Crippen molar-refractivity contribution < 1.29 is 4.39 Å². The van der Waals surface area contributed by atoms with E-state index in [2.05, 4.69) is 49.1 Å². The Morgan fingerprint density at radius 3 is 2.64 bits per heavy atom. The van der Waals surface area contributed by atoms with Crippen LogP contribution in [-0.4, -0.2) is 19.6 Å². The molecule has 4 aromatic rings. The molecule has 4 nitrogen and oxygen atoms in total. The van der Waals surface area contributed by atoms with Crippen molar-refractivity contribution in [3.05, 3.63) is 76.8 Å². The molecule has 0 saturated carbocycles. The molecule has 5 rings (SSSR count). The first kappa shape index (κ1) is 14.6. The quantitative estimate of drug-likeness (QED) is 0.414. The Balaban J connectivity index is 1.71. The van der Waals surface area contributed by atoms with Gasteiger partial charge in [-0.1, -0.05) is 33.3 Å². The summed E-state index contributed by atoms with van der Waals surface area (Å²) in [6, 6.07) is 14.8. The predicted octanol–water partition coefficient (Wildman–Crippen LogP) is 4.67. The predicted molar refractivity (Wildman–Crippen MR) is 97.0 cm³/mol. The fraction of sp³-hybridized carbons (Fsp3) is 0.0526. The molecule has 6 heteroatoms. The molecule has 1 aliphatic heterocycles. The van der Waals surface area contributed by atoms with Crippen LogP contribution in [0, 0.1) is 5.82 Å². The van der Waals surface area contributed by atoms with Crippen molar-refractivity contribution in [2.75, 3.05) is 0 Å². The Morgan fingerprint density at radius 2 is 1.80 bits per heavy atom. The van der Waals surface area contributed by atoms with E-state index in [1.165, 1.54) is 12.1 Å². The summed E-state index contributed by atoms with van der Waals surface area (Å²) in [5.41, 5.74) is 6.19. The third-order valence-corrected chi connectivity index (χ3v) is 4.99. The summed E-state index contributed by atoms with van der Waals surface area (Å²) in [6.45, 7) is 0.731. The van der Waals surface area contributed by atoms with Crippen molar-refractivity contribution in [3.8, 4) is 28.2 Å². The molecule has 2 aromatic heterocycles. The highest BCUT2D eigenvalue weighted by molar-refractivity contribution is 9.10. The van der Waals surface area contributed by atoms with Gasteiger partial charge in [-0.25, -0.2) is 9.07 Å². The van der Waals surface area contributed by atoms with Crippen molar-refractivity contribution in [2.24, 2.45) is 0 Å². The largest absolute Gasteiger partial charge is 0.341 e. The van der Waals surface area contributed by atoms with E-state index in [1.807, 2.05) is 16.8 Å². The van der Waals surface area contributed by atoms with Gasteiger partial charge in [-0.3, -0.25) is 0 Å². The van der Waals surface area contributed by atoms with Crippen LogP contribution >= 0.6 is 15.9 Å². The van der Waals surface area contributed by atoms with Gasteiger partial charge in [-0.15, -0.1) is 5.10 Å². The highest BCUT2D eigenvalue weighted by Crippen LogP contribution is 2.34. The molecule has 122 valence electrons. The summed E-state index contributed by atoms with van der Waals surface area (Å²) < 4.78 is 18.3. The summed E-state index contributed by atoms with van der Waals surface area (Å²) in [5.74, 6) is -0.231. The van der Waals surface area contributed by atoms with Crippen LogP contribution in [0.1, 0.15) is 5.56 Å². The topological polar surface area (TPSA) is 35.6 Å². The minimum Gasteiger partial charge on any atom is -0.341 e. The second-order valence-electron chi connectivity index (χ2n) is 6.05. The first-order valence-corrected chi connectivity index (χ1v) is 8.64. The first-order chi connectivity index (χ1) is 12.2. The van der Waals surface area contributed by atoms with Gasteiger partial charge in [0.05, 0.1) is 17.6 Å². The number of nitrogens with zero attached hydrogens (tertiary/aromatic N) is 4. The molecule has 0 atom stereocenters. The van der Waals surface area contributed by atoms with E-state index in [0.717, 1.165) is 44.8 Å². The van der Waals surface area contributed by atoms with Crippen LogP contribution in [0.5, 0.6) is 0 Å². The van der Waals surface area contributed by atoms with Crippen LogP contribution < -0.4 is 0 Å². The van der Waals surface area contributed by atoms with Crippen molar-refractivity contribution in [1.29, 1.82) is 0 Å². The molecule has 0 radical (unpaired) electrons. The van der Waals surface area contributed by atoms with Crippen molar-refractivity contribution >= 4 is 15.9 Å². The Morgan fingerprint density at radius 1 is 0.960 bits per heavy atom. The average Bonchev–Trinajstić information content (AvgIpc) is 3.21. The maximum atomic E-state index is 13.2. The summed E-state index contributed by atoms with van der Waals surface area (Å²) in [4.78, 5) is 0. The smallest absolute Gasteiger partial charge is 0.123 e. The minimum absolute atomic E-state index is 0.231. The molecule has 0 N–H and O–H groups in total. The molecular weight excluding hydrogens is 383 g/mol. The van der Waals surface area contributed by atoms with E-state index < -0.39 is 0 Å². The monoisotopic (exact) mass is 394 g/mol. The second kappa shape index (κ2) is 5.39. The first-order valence-electron chi connectivity index (χ1n) is 7.85. The van der Waals surface area contributed by atoms with Gasteiger partial charge in [0.15, 0.2) is 0 Å². The Bertz CT molecular complexity index is 1100. The fourth-order valence-corrected chi connectivity index (χ4v) is 3.72. The van der Waals surface area contributed by atoms with Gasteiger partial charge >= 0.3 is 0 Å². The van der Waals surface area contributed by atoms with Gasteiger partial charge in [0.2, 0.25) is 0 Å². The van der Waals surface area contributed by atoms with Gasteiger partial charge in [-0.2, -0.15) is 0 Å². The minimum atomic E-state index is -0.231. The number of halogens is 2. The van der Waals surface area contributed by atoms with Crippen LogP contribution in [0.15, 0.2) is 65.4 Å². The zero-order valence-corrected chi connectivity index (χ0v) is 14.6. The third-order valence-electron chi connectivity index (χ3n) is 4.50. The standard InChI is InChI=1S/C19H12BrFN4/c20-15-3-6-17-14(7-15)11-24-10-13(12-1-4-16(21)5-2-12)8-18(24)19-9-22-23-25(17)19/h1-10H,11H2. The molecule has 0 unspecified atom stereocenters. The molecule has 0 spiro atoms. The van der Waals surface area contributed by atoms with Gasteiger partial charge in [-0.05, 0) is 47.5 Å². The third kappa shape index (κ3) is 2.33. The lowest BCUT2D eigenvalue weighted by molar-refractivity contribution is 0.628. The van der Waals surface area contributed by atoms with Crippen LogP contribution in [0.25, 0.3) is 28.2 Å². The maximum absolute atomic E-state index is 13.2. The molecule has 0 bridgehead atoms. The lowest BCUT2D eigenvalue weighted by Crippen LogP contribution is -2.01. The highest BCUT2D eigenvalue weighted by atomic mass is 79.9. The van der Waals surface area contributed by atoms with Gasteiger partial charge in [0.1, 0.15) is 11.5 Å². The van der Waals surface area contributed by atoms with Gasteiger partial charge < -0.3 is 4.57 Å². The van der Waals surface area contributed by atoms with E-state index in [-0.39, 0.29) is 5.82 Å². The van der Waals surface area contributed by atoms with Gasteiger partial charge in [0, 0.05) is 22.8 Å². The number of fused-ring (bicyclic) bond motifs is 5. The SMILES string of the molecule is Fc1ccc(-c2cc3n(c2)Cc2cc(Br)ccc2-n2nncc2-3)cc1. The molecule has 3 heterocycles. The summed E-state index contributed by atoms with van der Waals surface area (Å²) in [6.07, 6.45) is 3.87. The average molecular weight is 395 g/mol. The van der Waals surface area contributed by atoms with Crippen LogP contribution in [0.2, 0.25) is 0 Å². The number of benzene rings is 2. The van der Waals surface area contributed by atoms with Crippen LogP contribution in [-0.2, 0) is 6.54 Å². The Labute approximate surface area is 151 Å². The second-order valence-corrected chi connectivity index (χ2v) is 6.97. The Kier molecular flexibility index (Phi) is 3.15. The molecule has 2 aromatic carbocycles. The van der Waals surface area contributed by atoms with Gasteiger partial charge in [0.25, 0.3) is 0 Å². The van der Waals surface area contributed by atoms with Crippen molar-refractivity contribution in [1.82, 2.24) is 19.6 Å². The summed E-state index contributed by atoms with van der Waals surface area (Å²) in [5, 5.41) is 8.37. The van der Waals surface area contributed by atoms with Crippen LogP contribution in [0.3, 0.4) is 0 Å². The van der Waals surface area contributed by atoms with E-state index in [9.17, 15) is 4.39 Å². The lowest BCUT2D eigenvalue weighted by atomic mass is 10.1. The molecule has 0 saturated heterocycles.